The van der Waals surface area contributed by atoms with Crippen molar-refractivity contribution in [2.75, 3.05) is 37.5 Å². The Kier molecular flexibility index (Phi) is 6.92. The number of nitrogens with one attached hydrogen (secondary N) is 3. The smallest absolute Gasteiger partial charge is 0.248 e. The summed E-state index contributed by atoms with van der Waals surface area (Å²) in [7, 11) is 1.63. The van der Waals surface area contributed by atoms with Crippen LogP contribution in [-0.2, 0) is 4.74 Å². The Balaban J connectivity index is 1.77. The molecule has 3 heterocycles. The number of pyridine rings is 1. The highest BCUT2D eigenvalue weighted by atomic mass is 35.5. The lowest BCUT2D eigenvalue weighted by molar-refractivity contribution is 0.191. The summed E-state index contributed by atoms with van der Waals surface area (Å²) in [6.45, 7) is 7.31. The number of fused-ring (bicyclic) bond motifs is 1. The normalized spacial score (nSPS) is 22.7. The Bertz CT molecular complexity index is 1190. The van der Waals surface area contributed by atoms with Gasteiger partial charge < -0.3 is 29.9 Å². The van der Waals surface area contributed by atoms with Crippen molar-refractivity contribution in [3.8, 4) is 11.3 Å². The maximum atomic E-state index is 11.9. The van der Waals surface area contributed by atoms with Crippen LogP contribution in [0.5, 0.6) is 0 Å². The minimum Gasteiger partial charge on any atom is -0.454 e. The SMILES string of the molecule is COCCNc1nc(Cl)c(-c2cc3cc(=O)[nH]c(C)c3o2)c(N[C@@H]2C[C@H](CO)[C@@H](C)[C@H]2C)n1. The van der Waals surface area contributed by atoms with Crippen LogP contribution in [0.1, 0.15) is 26.0 Å². The second-order valence-corrected chi connectivity index (χ2v) is 9.14. The largest absolute Gasteiger partial charge is 0.454 e. The van der Waals surface area contributed by atoms with Gasteiger partial charge in [0.1, 0.15) is 16.7 Å². The van der Waals surface area contributed by atoms with Crippen LogP contribution in [0.15, 0.2) is 21.3 Å². The average Bonchev–Trinajstić information content (AvgIpc) is 3.30. The fraction of sp³-hybridized carbons (Fsp3) is 0.522. The van der Waals surface area contributed by atoms with Crippen LogP contribution in [0.25, 0.3) is 22.3 Å². The molecule has 0 radical (unpaired) electrons. The summed E-state index contributed by atoms with van der Waals surface area (Å²) in [6, 6.07) is 3.37. The van der Waals surface area contributed by atoms with E-state index >= 15 is 0 Å². The highest BCUT2D eigenvalue weighted by Crippen LogP contribution is 2.41. The zero-order valence-corrected chi connectivity index (χ0v) is 20.0. The second kappa shape index (κ2) is 9.70. The summed E-state index contributed by atoms with van der Waals surface area (Å²) >= 11 is 6.66. The zero-order valence-electron chi connectivity index (χ0n) is 19.2. The minimum atomic E-state index is -0.199. The van der Waals surface area contributed by atoms with Crippen LogP contribution in [0.4, 0.5) is 11.8 Å². The molecule has 9 nitrogen and oxygen atoms in total. The molecule has 3 aromatic rings. The quantitative estimate of drug-likeness (QED) is 0.287. The standard InChI is InChI=1S/C23H30ClN5O4/c1-11-12(2)16(7-15(11)10-30)27-22-19(21(24)28-23(29-22)25-5-6-32-4)17-8-14-9-18(31)26-13(3)20(14)33-17/h8-9,11-12,15-16,30H,5-7,10H2,1-4H3,(H,26,31)(H2,25,27,28,29)/t11-,12+,15+,16+/m0/s1. The van der Waals surface area contributed by atoms with Crippen molar-refractivity contribution in [2.45, 2.75) is 33.2 Å². The highest BCUT2D eigenvalue weighted by Gasteiger charge is 2.38. The van der Waals surface area contributed by atoms with Crippen LogP contribution in [0, 0.1) is 24.7 Å². The van der Waals surface area contributed by atoms with E-state index in [9.17, 15) is 9.90 Å². The van der Waals surface area contributed by atoms with E-state index in [4.69, 9.17) is 25.7 Å². The third-order valence-corrected chi connectivity index (χ3v) is 6.99. The molecule has 0 unspecified atom stereocenters. The van der Waals surface area contributed by atoms with Crippen molar-refractivity contribution in [2.24, 2.45) is 17.8 Å². The summed E-state index contributed by atoms with van der Waals surface area (Å²) in [4.78, 5) is 23.8. The molecule has 4 rings (SSSR count). The number of methoxy groups -OCH3 is 1. The molecule has 0 amide bonds. The third-order valence-electron chi connectivity index (χ3n) is 6.72. The second-order valence-electron chi connectivity index (χ2n) is 8.78. The molecule has 1 aliphatic rings. The number of aryl methyl sites for hydroxylation is 1. The van der Waals surface area contributed by atoms with Gasteiger partial charge in [0.15, 0.2) is 5.58 Å². The predicted molar refractivity (Wildman–Crippen MR) is 129 cm³/mol. The van der Waals surface area contributed by atoms with Crippen molar-refractivity contribution in [3.63, 3.8) is 0 Å². The number of hydrogen-bond donors (Lipinski definition) is 4. The van der Waals surface area contributed by atoms with E-state index in [-0.39, 0.29) is 29.3 Å². The molecule has 0 spiro atoms. The molecule has 178 valence electrons. The Hall–Kier alpha value is -2.62. The molecule has 0 saturated heterocycles. The van der Waals surface area contributed by atoms with Crippen molar-refractivity contribution >= 4 is 34.3 Å². The van der Waals surface area contributed by atoms with E-state index in [1.54, 1.807) is 20.1 Å². The number of halogens is 1. The van der Waals surface area contributed by atoms with Crippen LogP contribution in [0.2, 0.25) is 5.15 Å². The molecule has 1 aliphatic carbocycles. The van der Waals surface area contributed by atoms with Gasteiger partial charge in [-0.3, -0.25) is 4.79 Å². The molecule has 10 heteroatoms. The van der Waals surface area contributed by atoms with Gasteiger partial charge in [0.25, 0.3) is 0 Å². The van der Waals surface area contributed by atoms with Gasteiger partial charge in [-0.25, -0.2) is 4.98 Å². The molecule has 3 aromatic heterocycles. The Labute approximate surface area is 196 Å². The van der Waals surface area contributed by atoms with E-state index in [1.807, 2.05) is 0 Å². The predicted octanol–water partition coefficient (Wildman–Crippen LogP) is 3.66. The van der Waals surface area contributed by atoms with E-state index in [0.29, 0.717) is 64.7 Å². The average molecular weight is 476 g/mol. The first-order valence-corrected chi connectivity index (χ1v) is 11.5. The van der Waals surface area contributed by atoms with E-state index in [1.165, 1.54) is 6.07 Å². The summed E-state index contributed by atoms with van der Waals surface area (Å²) in [6.07, 6.45) is 0.820. The first-order chi connectivity index (χ1) is 15.8. The number of aromatic nitrogens is 3. The van der Waals surface area contributed by atoms with Gasteiger partial charge in [-0.05, 0) is 37.2 Å². The van der Waals surface area contributed by atoms with Crippen LogP contribution in [0.3, 0.4) is 0 Å². The number of nitrogens with zero attached hydrogens (tertiary/aromatic N) is 2. The maximum Gasteiger partial charge on any atom is 0.248 e. The lowest BCUT2D eigenvalue weighted by Crippen LogP contribution is -2.25. The summed E-state index contributed by atoms with van der Waals surface area (Å²) in [5.41, 5.74) is 1.55. The number of aliphatic hydroxyl groups is 1. The topological polar surface area (TPSA) is 125 Å². The Morgan fingerprint density at radius 2 is 2.09 bits per heavy atom. The van der Waals surface area contributed by atoms with Crippen molar-refractivity contribution in [1.29, 1.82) is 0 Å². The van der Waals surface area contributed by atoms with E-state index in [2.05, 4.69) is 34.4 Å². The molecule has 0 aliphatic heterocycles. The van der Waals surface area contributed by atoms with Gasteiger partial charge in [-0.2, -0.15) is 4.98 Å². The van der Waals surface area contributed by atoms with Gasteiger partial charge in [0.2, 0.25) is 11.5 Å². The fourth-order valence-corrected chi connectivity index (χ4v) is 4.87. The van der Waals surface area contributed by atoms with Crippen LogP contribution >= 0.6 is 11.6 Å². The monoisotopic (exact) mass is 475 g/mol. The number of aromatic amines is 1. The van der Waals surface area contributed by atoms with Gasteiger partial charge in [0.05, 0.1) is 17.9 Å². The molecule has 4 N–H and O–H groups in total. The number of anilines is 2. The van der Waals surface area contributed by atoms with Gasteiger partial charge in [-0.15, -0.1) is 0 Å². The van der Waals surface area contributed by atoms with Crippen molar-refractivity contribution < 1.29 is 14.3 Å². The Morgan fingerprint density at radius 1 is 1.30 bits per heavy atom. The molecular formula is C23H30ClN5O4. The lowest BCUT2D eigenvalue weighted by Gasteiger charge is -2.22. The Morgan fingerprint density at radius 3 is 2.79 bits per heavy atom. The molecule has 0 bridgehead atoms. The molecule has 4 atom stereocenters. The molecule has 1 fully saturated rings. The number of rotatable bonds is 8. The van der Waals surface area contributed by atoms with E-state index < -0.39 is 0 Å². The number of furan rings is 1. The summed E-state index contributed by atoms with van der Waals surface area (Å²) in [5, 5.41) is 17.3. The first kappa shape index (κ1) is 23.5. The van der Waals surface area contributed by atoms with E-state index in [0.717, 1.165) is 6.42 Å². The minimum absolute atomic E-state index is 0.0985. The lowest BCUT2D eigenvalue weighted by atomic mass is 9.92. The van der Waals surface area contributed by atoms with Crippen molar-refractivity contribution in [3.05, 3.63) is 33.3 Å². The molecule has 1 saturated carbocycles. The molecular weight excluding hydrogens is 446 g/mol. The third kappa shape index (κ3) is 4.71. The fourth-order valence-electron chi connectivity index (χ4n) is 4.61. The molecule has 0 aromatic carbocycles. The van der Waals surface area contributed by atoms with Gasteiger partial charge in [-0.1, -0.05) is 25.4 Å². The molecule has 33 heavy (non-hydrogen) atoms. The van der Waals surface area contributed by atoms with Gasteiger partial charge >= 0.3 is 0 Å². The number of ether oxygens (including phenoxy) is 1. The number of hydrogen-bond acceptors (Lipinski definition) is 8. The highest BCUT2D eigenvalue weighted by molar-refractivity contribution is 6.32. The number of aliphatic hydroxyl groups excluding tert-OH is 1. The van der Waals surface area contributed by atoms with Crippen LogP contribution in [-0.4, -0.2) is 53.0 Å². The summed E-state index contributed by atoms with van der Waals surface area (Å²) < 4.78 is 11.2. The maximum absolute atomic E-state index is 11.9. The van der Waals surface area contributed by atoms with Gasteiger partial charge in [0, 0.05) is 37.8 Å². The zero-order chi connectivity index (χ0) is 23.7. The van der Waals surface area contributed by atoms with Crippen LogP contribution < -0.4 is 16.2 Å². The first-order valence-electron chi connectivity index (χ1n) is 11.1. The van der Waals surface area contributed by atoms with Crippen molar-refractivity contribution in [1.82, 2.24) is 15.0 Å². The summed E-state index contributed by atoms with van der Waals surface area (Å²) in [5.74, 6) is 2.30. The number of H-pyrrole nitrogens is 1.